The van der Waals surface area contributed by atoms with E-state index in [4.69, 9.17) is 0 Å². The maximum Gasteiger partial charge on any atom is 0.193 e. The summed E-state index contributed by atoms with van der Waals surface area (Å²) in [5.41, 5.74) is 0. The van der Waals surface area contributed by atoms with Crippen LogP contribution in [0.4, 0.5) is 0 Å². The second kappa shape index (κ2) is 8.25. The number of hydrogen-bond acceptors (Lipinski definition) is 5. The fourth-order valence-corrected chi connectivity index (χ4v) is 7.08. The van der Waals surface area contributed by atoms with E-state index in [0.29, 0.717) is 13.1 Å². The molecule has 0 radical (unpaired) electrons. The zero-order valence-corrected chi connectivity index (χ0v) is 17.5. The molecule has 2 heterocycles. The lowest BCUT2D eigenvalue weighted by molar-refractivity contribution is 0.274. The van der Waals surface area contributed by atoms with Crippen LogP contribution in [0.1, 0.15) is 48.9 Å². The molecule has 2 fully saturated rings. The molecule has 0 unspecified atom stereocenters. The Balaban J connectivity index is 1.61. The maximum atomic E-state index is 12.8. The number of guanidine groups is 1. The van der Waals surface area contributed by atoms with Crippen LogP contribution in [0, 0.1) is 0 Å². The zero-order valence-electron chi connectivity index (χ0n) is 15.8. The minimum atomic E-state index is -3.02. The van der Waals surface area contributed by atoms with Crippen LogP contribution in [0.3, 0.4) is 0 Å². The fourth-order valence-electron chi connectivity index (χ4n) is 4.06. The molecule has 1 aliphatic heterocycles. The van der Waals surface area contributed by atoms with Gasteiger partial charge in [-0.3, -0.25) is 4.99 Å². The van der Waals surface area contributed by atoms with E-state index in [1.54, 1.807) is 18.4 Å². The second-order valence-electron chi connectivity index (χ2n) is 7.28. The first kappa shape index (κ1) is 19.6. The van der Waals surface area contributed by atoms with Crippen LogP contribution in [0.2, 0.25) is 0 Å². The van der Waals surface area contributed by atoms with Gasteiger partial charge in [0.05, 0.1) is 15.5 Å². The average Bonchev–Trinajstić information content (AvgIpc) is 3.10. The molecule has 8 heteroatoms. The highest BCUT2D eigenvalue weighted by Gasteiger charge is 2.48. The van der Waals surface area contributed by atoms with Crippen molar-refractivity contribution < 1.29 is 8.42 Å². The third-order valence-corrected chi connectivity index (χ3v) is 9.39. The lowest BCUT2D eigenvalue weighted by Crippen LogP contribution is -2.60. The number of sulfone groups is 1. The van der Waals surface area contributed by atoms with Crippen LogP contribution in [-0.2, 0) is 22.7 Å². The molecule has 1 aromatic rings. The predicted octanol–water partition coefficient (Wildman–Crippen LogP) is 2.26. The molecule has 1 spiro atoms. The Labute approximate surface area is 161 Å². The van der Waals surface area contributed by atoms with Crippen molar-refractivity contribution in [3.8, 4) is 0 Å². The lowest BCUT2D eigenvalue weighted by Gasteiger charge is -2.45. The molecule has 0 atom stereocenters. The van der Waals surface area contributed by atoms with Gasteiger partial charge in [0.1, 0.15) is 0 Å². The highest BCUT2D eigenvalue weighted by molar-refractivity contribution is 7.92. The summed E-state index contributed by atoms with van der Waals surface area (Å²) >= 11 is 1.76. The Kier molecular flexibility index (Phi) is 6.22. The molecular weight excluding hydrogens is 368 g/mol. The van der Waals surface area contributed by atoms with Gasteiger partial charge < -0.3 is 10.2 Å². The van der Waals surface area contributed by atoms with Gasteiger partial charge in [-0.05, 0) is 19.3 Å². The molecule has 0 aromatic carbocycles. The van der Waals surface area contributed by atoms with Crippen LogP contribution < -0.4 is 5.32 Å². The summed E-state index contributed by atoms with van der Waals surface area (Å²) in [6.07, 6.45) is 8.61. The number of nitrogens with one attached hydrogen (secondary N) is 1. The molecule has 26 heavy (non-hydrogen) atoms. The van der Waals surface area contributed by atoms with E-state index in [-0.39, 0.29) is 5.75 Å². The van der Waals surface area contributed by atoms with Crippen molar-refractivity contribution in [2.45, 2.75) is 56.6 Å². The summed E-state index contributed by atoms with van der Waals surface area (Å²) in [5.74, 6) is 1.05. The monoisotopic (exact) mass is 398 g/mol. The molecule has 1 aromatic heterocycles. The summed E-state index contributed by atoms with van der Waals surface area (Å²) in [7, 11) is -1.24. The van der Waals surface area contributed by atoms with Crippen molar-refractivity contribution >= 4 is 27.1 Å². The van der Waals surface area contributed by atoms with Crippen LogP contribution in [0.15, 0.2) is 11.2 Å². The van der Waals surface area contributed by atoms with Crippen LogP contribution in [-0.4, -0.2) is 61.4 Å². The molecule has 1 saturated carbocycles. The third-order valence-electron chi connectivity index (χ3n) is 5.62. The molecule has 2 aliphatic rings. The highest BCUT2D eigenvalue weighted by Crippen LogP contribution is 2.38. The van der Waals surface area contributed by atoms with Gasteiger partial charge in [-0.15, -0.1) is 11.3 Å². The number of aromatic nitrogens is 1. The van der Waals surface area contributed by atoms with E-state index in [0.717, 1.165) is 62.5 Å². The Bertz CT molecular complexity index is 736. The van der Waals surface area contributed by atoms with Crippen molar-refractivity contribution in [2.24, 2.45) is 4.99 Å². The van der Waals surface area contributed by atoms with E-state index in [9.17, 15) is 8.42 Å². The van der Waals surface area contributed by atoms with Gasteiger partial charge in [0.25, 0.3) is 0 Å². The van der Waals surface area contributed by atoms with E-state index in [1.165, 1.54) is 4.88 Å². The molecular formula is C18H30N4O2S2. The van der Waals surface area contributed by atoms with Crippen LogP contribution in [0.25, 0.3) is 0 Å². The highest BCUT2D eigenvalue weighted by atomic mass is 32.2. The number of rotatable bonds is 4. The smallest absolute Gasteiger partial charge is 0.193 e. The van der Waals surface area contributed by atoms with Crippen LogP contribution in [0.5, 0.6) is 0 Å². The number of nitrogens with zero attached hydrogens (tertiary/aromatic N) is 3. The van der Waals surface area contributed by atoms with Gasteiger partial charge in [-0.2, -0.15) is 0 Å². The molecule has 1 saturated heterocycles. The van der Waals surface area contributed by atoms with Crippen molar-refractivity contribution in [3.05, 3.63) is 16.1 Å². The topological polar surface area (TPSA) is 74.7 Å². The summed E-state index contributed by atoms with van der Waals surface area (Å²) in [6.45, 7) is 4.01. The second-order valence-corrected chi connectivity index (χ2v) is 11.0. The first-order chi connectivity index (χ1) is 12.5. The van der Waals surface area contributed by atoms with Gasteiger partial charge in [0.2, 0.25) is 0 Å². The van der Waals surface area contributed by atoms with E-state index in [1.807, 2.05) is 6.20 Å². The molecule has 1 aliphatic carbocycles. The normalized spacial score (nSPS) is 22.5. The molecule has 0 amide bonds. The largest absolute Gasteiger partial charge is 0.356 e. The first-order valence-electron chi connectivity index (χ1n) is 9.61. The zero-order chi connectivity index (χ0) is 18.6. The molecule has 6 nitrogen and oxygen atoms in total. The summed E-state index contributed by atoms with van der Waals surface area (Å²) in [4.78, 5) is 12.3. The van der Waals surface area contributed by atoms with Crippen molar-refractivity contribution in [1.82, 2.24) is 15.2 Å². The first-order valence-corrected chi connectivity index (χ1v) is 12.1. The Morgan fingerprint density at radius 2 is 2.15 bits per heavy atom. The fraction of sp³-hybridized carbons (Fsp3) is 0.778. The third kappa shape index (κ3) is 4.06. The molecule has 0 bridgehead atoms. The SMILES string of the molecule is CCc1cnc(CCNC(=NC)N2CCS(=O)(=O)C3(CCCCC3)C2)s1. The number of hydrogen-bond donors (Lipinski definition) is 1. The summed E-state index contributed by atoms with van der Waals surface area (Å²) in [5, 5.41) is 4.55. The Morgan fingerprint density at radius 1 is 1.38 bits per heavy atom. The summed E-state index contributed by atoms with van der Waals surface area (Å²) < 4.78 is 24.9. The molecule has 146 valence electrons. The van der Waals surface area contributed by atoms with Gasteiger partial charge in [-0.25, -0.2) is 13.4 Å². The maximum absolute atomic E-state index is 12.8. The van der Waals surface area contributed by atoms with Crippen LogP contribution >= 0.6 is 11.3 Å². The standard InChI is InChI=1S/C18H30N4O2S2/c1-3-15-13-21-16(25-15)7-10-20-17(19-2)22-11-12-26(23,24)18(14-22)8-5-4-6-9-18/h13H,3-12,14H2,1-2H3,(H,19,20). The van der Waals surface area contributed by atoms with Gasteiger partial charge in [0, 0.05) is 44.2 Å². The molecule has 3 rings (SSSR count). The Hall–Kier alpha value is -1.15. The van der Waals surface area contributed by atoms with Gasteiger partial charge >= 0.3 is 0 Å². The minimum absolute atomic E-state index is 0.236. The van der Waals surface area contributed by atoms with E-state index in [2.05, 4.69) is 27.1 Å². The van der Waals surface area contributed by atoms with Gasteiger partial charge in [0.15, 0.2) is 15.8 Å². The van der Waals surface area contributed by atoms with Gasteiger partial charge in [-0.1, -0.05) is 26.2 Å². The van der Waals surface area contributed by atoms with E-state index < -0.39 is 14.6 Å². The van der Waals surface area contributed by atoms with Crippen molar-refractivity contribution in [3.63, 3.8) is 0 Å². The average molecular weight is 399 g/mol. The number of aryl methyl sites for hydroxylation is 1. The Morgan fingerprint density at radius 3 is 2.81 bits per heavy atom. The molecule has 1 N–H and O–H groups in total. The number of thiazole rings is 1. The quantitative estimate of drug-likeness (QED) is 0.622. The minimum Gasteiger partial charge on any atom is -0.356 e. The van der Waals surface area contributed by atoms with E-state index >= 15 is 0 Å². The van der Waals surface area contributed by atoms with Crippen molar-refractivity contribution in [1.29, 1.82) is 0 Å². The summed E-state index contributed by atoms with van der Waals surface area (Å²) in [6, 6.07) is 0. The lowest BCUT2D eigenvalue weighted by atomic mass is 9.87. The number of aliphatic imine (C=N–C) groups is 1. The predicted molar refractivity (Wildman–Crippen MR) is 108 cm³/mol. The van der Waals surface area contributed by atoms with Crippen molar-refractivity contribution in [2.75, 3.05) is 32.4 Å².